The summed E-state index contributed by atoms with van der Waals surface area (Å²) < 4.78 is 41.9. The smallest absolute Gasteiger partial charge is 0.352 e. The molecule has 9 heteroatoms. The van der Waals surface area contributed by atoms with E-state index < -0.39 is 11.9 Å². The number of aryl methyl sites for hydroxylation is 2. The molecule has 0 spiro atoms. The van der Waals surface area contributed by atoms with Crippen molar-refractivity contribution in [3.63, 3.8) is 0 Å². The fourth-order valence-corrected chi connectivity index (χ4v) is 3.06. The molecule has 3 rings (SSSR count). The van der Waals surface area contributed by atoms with Gasteiger partial charge in [-0.2, -0.15) is 23.4 Å². The molecule has 0 saturated heterocycles. The molecular weight excluding hydrogens is 371 g/mol. The van der Waals surface area contributed by atoms with Gasteiger partial charge in [0.25, 0.3) is 0 Å². The van der Waals surface area contributed by atoms with Gasteiger partial charge in [0.1, 0.15) is 0 Å². The van der Waals surface area contributed by atoms with Crippen LogP contribution >= 0.6 is 0 Å². The lowest BCUT2D eigenvalue weighted by Gasteiger charge is -2.07. The number of hydrogen-bond acceptors (Lipinski definition) is 3. The number of rotatable bonds is 8. The van der Waals surface area contributed by atoms with Crippen LogP contribution in [0.2, 0.25) is 0 Å². The summed E-state index contributed by atoms with van der Waals surface area (Å²) in [7, 11) is 0. The fraction of sp³-hybridized carbons (Fsp3) is 0.526. The van der Waals surface area contributed by atoms with E-state index in [0.717, 1.165) is 36.7 Å². The molecule has 1 saturated carbocycles. The first-order chi connectivity index (χ1) is 13.3. The normalized spacial score (nSPS) is 14.8. The molecule has 0 aromatic carbocycles. The highest BCUT2D eigenvalue weighted by Crippen LogP contribution is 2.42. The van der Waals surface area contributed by atoms with Crippen LogP contribution < -0.4 is 5.32 Å². The monoisotopic (exact) mass is 395 g/mol. The molecule has 1 N–H and O–H groups in total. The molecule has 152 valence electrons. The predicted molar refractivity (Wildman–Crippen MR) is 98.5 cm³/mol. The van der Waals surface area contributed by atoms with Crippen LogP contribution in [0.3, 0.4) is 0 Å². The van der Waals surface area contributed by atoms with Gasteiger partial charge in [-0.3, -0.25) is 14.2 Å². The molecule has 28 heavy (non-hydrogen) atoms. The van der Waals surface area contributed by atoms with E-state index in [1.54, 1.807) is 12.3 Å². The highest BCUT2D eigenvalue weighted by Gasteiger charge is 2.37. The largest absolute Gasteiger partial charge is 0.435 e. The van der Waals surface area contributed by atoms with Crippen molar-refractivity contribution >= 4 is 12.0 Å². The quantitative estimate of drug-likeness (QED) is 0.549. The number of alkyl halides is 3. The Bertz CT molecular complexity index is 862. The minimum Gasteiger partial charge on any atom is -0.352 e. The standard InChI is InChI=1S/C19H24F3N5O/c1-3-26-13(2)15(12-24-26)7-8-18(28)23-9-4-10-27-16(14-5-6-14)11-17(25-27)19(20,21)22/h7-8,11-12,14H,3-6,9-10H2,1-2H3,(H,23,28)/b8-7+. The Hall–Kier alpha value is -2.58. The van der Waals surface area contributed by atoms with Crippen LogP contribution in [0.4, 0.5) is 13.2 Å². The van der Waals surface area contributed by atoms with E-state index in [4.69, 9.17) is 0 Å². The maximum absolute atomic E-state index is 12.9. The summed E-state index contributed by atoms with van der Waals surface area (Å²) in [4.78, 5) is 11.9. The van der Waals surface area contributed by atoms with Crippen LogP contribution in [0.5, 0.6) is 0 Å². The maximum atomic E-state index is 12.9. The lowest BCUT2D eigenvalue weighted by molar-refractivity contribution is -0.141. The van der Waals surface area contributed by atoms with Crippen LogP contribution in [-0.4, -0.2) is 32.0 Å². The van der Waals surface area contributed by atoms with E-state index in [9.17, 15) is 18.0 Å². The van der Waals surface area contributed by atoms with Crippen molar-refractivity contribution in [1.82, 2.24) is 24.9 Å². The van der Waals surface area contributed by atoms with Gasteiger partial charge < -0.3 is 5.32 Å². The number of nitrogens with zero attached hydrogens (tertiary/aromatic N) is 4. The summed E-state index contributed by atoms with van der Waals surface area (Å²) in [5, 5.41) is 10.7. The Morgan fingerprint density at radius 2 is 2.11 bits per heavy atom. The van der Waals surface area contributed by atoms with Crippen LogP contribution in [0, 0.1) is 6.92 Å². The molecule has 0 radical (unpaired) electrons. The van der Waals surface area contributed by atoms with Gasteiger partial charge in [0.05, 0.1) is 6.20 Å². The summed E-state index contributed by atoms with van der Waals surface area (Å²) in [5.41, 5.74) is 1.66. The van der Waals surface area contributed by atoms with Crippen molar-refractivity contribution in [2.45, 2.75) is 58.3 Å². The molecular formula is C19H24F3N5O. The second-order valence-corrected chi connectivity index (χ2v) is 6.93. The highest BCUT2D eigenvalue weighted by molar-refractivity contribution is 5.91. The number of nitrogens with one attached hydrogen (secondary N) is 1. The number of carbonyl (C=O) groups is 1. The van der Waals surface area contributed by atoms with Crippen LogP contribution in [0.15, 0.2) is 18.3 Å². The maximum Gasteiger partial charge on any atom is 0.435 e. The van der Waals surface area contributed by atoms with E-state index in [-0.39, 0.29) is 11.8 Å². The van der Waals surface area contributed by atoms with Gasteiger partial charge in [0, 0.05) is 48.6 Å². The lowest BCUT2D eigenvalue weighted by Crippen LogP contribution is -2.23. The van der Waals surface area contributed by atoms with E-state index in [1.165, 1.54) is 10.8 Å². The SMILES string of the molecule is CCn1ncc(/C=C/C(=O)NCCCn2nc(C(F)(F)F)cc2C2CC2)c1C. The Morgan fingerprint density at radius 1 is 1.36 bits per heavy atom. The van der Waals surface area contributed by atoms with Crippen molar-refractivity contribution < 1.29 is 18.0 Å². The minimum atomic E-state index is -4.43. The average Bonchev–Trinajstić information content (AvgIpc) is 3.29. The molecule has 1 amide bonds. The van der Waals surface area contributed by atoms with Crippen molar-refractivity contribution in [3.05, 3.63) is 41.0 Å². The fourth-order valence-electron chi connectivity index (χ4n) is 3.06. The van der Waals surface area contributed by atoms with E-state index in [2.05, 4.69) is 15.5 Å². The van der Waals surface area contributed by atoms with Crippen LogP contribution in [-0.2, 0) is 24.1 Å². The summed E-state index contributed by atoms with van der Waals surface area (Å²) in [6.07, 6.45) is 2.73. The Morgan fingerprint density at radius 3 is 2.71 bits per heavy atom. The van der Waals surface area contributed by atoms with Gasteiger partial charge in [0.2, 0.25) is 5.91 Å². The minimum absolute atomic E-state index is 0.174. The van der Waals surface area contributed by atoms with Crippen LogP contribution in [0.25, 0.3) is 6.08 Å². The van der Waals surface area contributed by atoms with Gasteiger partial charge in [-0.05, 0) is 45.3 Å². The van der Waals surface area contributed by atoms with Crippen LogP contribution in [0.1, 0.15) is 54.7 Å². The molecule has 0 atom stereocenters. The van der Waals surface area contributed by atoms with E-state index >= 15 is 0 Å². The zero-order valence-corrected chi connectivity index (χ0v) is 16.0. The Kier molecular flexibility index (Phi) is 5.90. The number of halogens is 3. The molecule has 2 aromatic heterocycles. The van der Waals surface area contributed by atoms with Crippen molar-refractivity contribution in [2.24, 2.45) is 0 Å². The van der Waals surface area contributed by atoms with Gasteiger partial charge >= 0.3 is 6.18 Å². The third-order valence-electron chi connectivity index (χ3n) is 4.80. The number of carbonyl (C=O) groups excluding carboxylic acids is 1. The summed E-state index contributed by atoms with van der Waals surface area (Å²) >= 11 is 0. The van der Waals surface area contributed by atoms with Gasteiger partial charge in [-0.15, -0.1) is 0 Å². The van der Waals surface area contributed by atoms with Crippen molar-refractivity contribution in [3.8, 4) is 0 Å². The summed E-state index contributed by atoms with van der Waals surface area (Å²) in [6.45, 7) is 5.39. The summed E-state index contributed by atoms with van der Waals surface area (Å²) in [6, 6.07) is 1.15. The average molecular weight is 395 g/mol. The molecule has 0 aliphatic heterocycles. The first kappa shape index (κ1) is 20.2. The topological polar surface area (TPSA) is 64.7 Å². The molecule has 0 unspecified atom stereocenters. The molecule has 1 aliphatic carbocycles. The zero-order valence-electron chi connectivity index (χ0n) is 16.0. The molecule has 1 aliphatic rings. The molecule has 2 heterocycles. The predicted octanol–water partition coefficient (Wildman–Crippen LogP) is 3.52. The van der Waals surface area contributed by atoms with E-state index in [1.807, 2.05) is 18.5 Å². The number of aromatic nitrogens is 4. The van der Waals surface area contributed by atoms with Gasteiger partial charge in [0.15, 0.2) is 5.69 Å². The number of amides is 1. The third kappa shape index (κ3) is 4.82. The molecule has 6 nitrogen and oxygen atoms in total. The van der Waals surface area contributed by atoms with Crippen molar-refractivity contribution in [1.29, 1.82) is 0 Å². The second-order valence-electron chi connectivity index (χ2n) is 6.93. The van der Waals surface area contributed by atoms with Gasteiger partial charge in [-0.25, -0.2) is 0 Å². The van der Waals surface area contributed by atoms with E-state index in [0.29, 0.717) is 25.2 Å². The first-order valence-electron chi connectivity index (χ1n) is 9.43. The first-order valence-corrected chi connectivity index (χ1v) is 9.43. The molecule has 1 fully saturated rings. The highest BCUT2D eigenvalue weighted by atomic mass is 19.4. The Labute approximate surface area is 161 Å². The second kappa shape index (κ2) is 8.20. The molecule has 2 aromatic rings. The Balaban J connectivity index is 1.49. The molecule has 0 bridgehead atoms. The lowest BCUT2D eigenvalue weighted by atomic mass is 10.2. The third-order valence-corrected chi connectivity index (χ3v) is 4.80. The zero-order chi connectivity index (χ0) is 20.3. The summed E-state index contributed by atoms with van der Waals surface area (Å²) in [5.74, 6) is -0.0732. The van der Waals surface area contributed by atoms with Crippen molar-refractivity contribution in [2.75, 3.05) is 6.54 Å². The number of hydrogen-bond donors (Lipinski definition) is 1. The van der Waals surface area contributed by atoms with Gasteiger partial charge in [-0.1, -0.05) is 0 Å².